The minimum Gasteiger partial charge on any atom is -0.312 e. The zero-order valence-electron chi connectivity index (χ0n) is 11.1. The molecule has 0 aromatic heterocycles. The van der Waals surface area contributed by atoms with E-state index in [-0.39, 0.29) is 0 Å². The van der Waals surface area contributed by atoms with Gasteiger partial charge in [-0.05, 0) is 31.1 Å². The molecular formula is C14H25NOS. The highest BCUT2D eigenvalue weighted by molar-refractivity contribution is 7.99. The Balaban J connectivity index is 1.81. The summed E-state index contributed by atoms with van der Waals surface area (Å²) in [4.78, 5) is 12.3. The third-order valence-electron chi connectivity index (χ3n) is 4.08. The minimum atomic E-state index is 0.350. The van der Waals surface area contributed by atoms with Crippen LogP contribution in [0.4, 0.5) is 0 Å². The van der Waals surface area contributed by atoms with Gasteiger partial charge in [-0.15, -0.1) is 0 Å². The van der Waals surface area contributed by atoms with Crippen molar-refractivity contribution in [2.24, 2.45) is 17.8 Å². The molecule has 2 nitrogen and oxygen atoms in total. The molecule has 98 valence electrons. The number of Topliss-reactive ketones (excluding diaryl/α,β-unsaturated/α-hetero) is 1. The molecule has 0 amide bonds. The van der Waals surface area contributed by atoms with Gasteiger partial charge in [0.15, 0.2) is 0 Å². The lowest BCUT2D eigenvalue weighted by Crippen LogP contribution is -2.40. The standard InChI is InChI=1S/C14H25NOS/c1-10-5-11(2)7-12(6-10)14(16)8-13-9-17-4-3-15-13/h10-13,15H,3-9H2,1-2H3. The van der Waals surface area contributed by atoms with Gasteiger partial charge in [0.1, 0.15) is 5.78 Å². The van der Waals surface area contributed by atoms with E-state index in [0.717, 1.165) is 43.4 Å². The fraction of sp³-hybridized carbons (Fsp3) is 0.929. The molecule has 3 atom stereocenters. The lowest BCUT2D eigenvalue weighted by Gasteiger charge is -2.32. The van der Waals surface area contributed by atoms with Crippen molar-refractivity contribution in [2.75, 3.05) is 18.1 Å². The van der Waals surface area contributed by atoms with E-state index in [0.29, 0.717) is 17.7 Å². The molecule has 0 spiro atoms. The van der Waals surface area contributed by atoms with Gasteiger partial charge in [0.2, 0.25) is 0 Å². The Labute approximate surface area is 109 Å². The van der Waals surface area contributed by atoms with E-state index >= 15 is 0 Å². The van der Waals surface area contributed by atoms with Gasteiger partial charge in [0.05, 0.1) is 0 Å². The predicted molar refractivity (Wildman–Crippen MR) is 74.4 cm³/mol. The van der Waals surface area contributed by atoms with Crippen LogP contribution in [-0.2, 0) is 4.79 Å². The zero-order chi connectivity index (χ0) is 12.3. The molecule has 1 N–H and O–H groups in total. The molecule has 0 bridgehead atoms. The van der Waals surface area contributed by atoms with Crippen LogP contribution >= 0.6 is 11.8 Å². The molecule has 2 fully saturated rings. The van der Waals surface area contributed by atoms with Crippen LogP contribution in [0.1, 0.15) is 39.5 Å². The molecule has 2 aliphatic rings. The number of rotatable bonds is 3. The van der Waals surface area contributed by atoms with E-state index in [1.165, 1.54) is 12.2 Å². The monoisotopic (exact) mass is 255 g/mol. The van der Waals surface area contributed by atoms with E-state index in [1.807, 2.05) is 11.8 Å². The second-order valence-corrected chi connectivity index (χ2v) is 7.16. The van der Waals surface area contributed by atoms with Crippen molar-refractivity contribution in [3.05, 3.63) is 0 Å². The summed E-state index contributed by atoms with van der Waals surface area (Å²) in [6, 6.07) is 0.439. The van der Waals surface area contributed by atoms with Gasteiger partial charge < -0.3 is 5.32 Å². The minimum absolute atomic E-state index is 0.350. The first-order valence-corrected chi connectivity index (χ1v) is 8.14. The van der Waals surface area contributed by atoms with Crippen LogP contribution < -0.4 is 5.32 Å². The summed E-state index contributed by atoms with van der Waals surface area (Å²) in [5.41, 5.74) is 0. The maximum Gasteiger partial charge on any atom is 0.137 e. The first kappa shape index (κ1) is 13.4. The van der Waals surface area contributed by atoms with Gasteiger partial charge in [0.25, 0.3) is 0 Å². The van der Waals surface area contributed by atoms with Gasteiger partial charge in [-0.3, -0.25) is 4.79 Å². The summed E-state index contributed by atoms with van der Waals surface area (Å²) in [6.07, 6.45) is 4.32. The molecule has 0 aromatic carbocycles. The van der Waals surface area contributed by atoms with E-state index in [2.05, 4.69) is 19.2 Å². The smallest absolute Gasteiger partial charge is 0.137 e. The summed E-state index contributed by atoms with van der Waals surface area (Å²) in [5, 5.41) is 3.47. The van der Waals surface area contributed by atoms with Crippen molar-refractivity contribution in [2.45, 2.75) is 45.6 Å². The first-order valence-electron chi connectivity index (χ1n) is 6.99. The molecule has 3 unspecified atom stereocenters. The van der Waals surface area contributed by atoms with E-state index in [4.69, 9.17) is 0 Å². The van der Waals surface area contributed by atoms with Crippen LogP contribution in [0, 0.1) is 17.8 Å². The SMILES string of the molecule is CC1CC(C)CC(C(=O)CC2CSCCN2)C1. The Morgan fingerprint density at radius 1 is 1.24 bits per heavy atom. The van der Waals surface area contributed by atoms with Crippen LogP contribution in [0.15, 0.2) is 0 Å². The molecule has 3 heteroatoms. The third kappa shape index (κ3) is 3.99. The fourth-order valence-corrected chi connectivity index (χ4v) is 4.32. The van der Waals surface area contributed by atoms with Crippen molar-refractivity contribution in [3.63, 3.8) is 0 Å². The molecule has 1 aliphatic carbocycles. The number of hydrogen-bond donors (Lipinski definition) is 1. The highest BCUT2D eigenvalue weighted by Crippen LogP contribution is 2.34. The summed E-state index contributed by atoms with van der Waals surface area (Å²) in [6.45, 7) is 5.66. The van der Waals surface area contributed by atoms with Crippen LogP contribution in [0.25, 0.3) is 0 Å². The molecule has 1 aliphatic heterocycles. The molecule has 0 aromatic rings. The maximum absolute atomic E-state index is 12.3. The topological polar surface area (TPSA) is 29.1 Å². The normalized spacial score (nSPS) is 38.9. The number of hydrogen-bond acceptors (Lipinski definition) is 3. The van der Waals surface area contributed by atoms with Crippen molar-refractivity contribution >= 4 is 17.5 Å². The Morgan fingerprint density at radius 3 is 2.53 bits per heavy atom. The summed E-state index contributed by atoms with van der Waals surface area (Å²) < 4.78 is 0. The number of nitrogens with one attached hydrogen (secondary N) is 1. The fourth-order valence-electron chi connectivity index (χ4n) is 3.37. The zero-order valence-corrected chi connectivity index (χ0v) is 11.9. The van der Waals surface area contributed by atoms with Gasteiger partial charge in [-0.25, -0.2) is 0 Å². The Bertz CT molecular complexity index is 253. The van der Waals surface area contributed by atoms with E-state index in [9.17, 15) is 4.79 Å². The van der Waals surface area contributed by atoms with E-state index in [1.54, 1.807) is 0 Å². The number of ketones is 1. The van der Waals surface area contributed by atoms with Crippen LogP contribution in [0.3, 0.4) is 0 Å². The highest BCUT2D eigenvalue weighted by atomic mass is 32.2. The van der Waals surface area contributed by atoms with Gasteiger partial charge in [-0.2, -0.15) is 11.8 Å². The van der Waals surface area contributed by atoms with Gasteiger partial charge >= 0.3 is 0 Å². The lowest BCUT2D eigenvalue weighted by atomic mass is 9.74. The highest BCUT2D eigenvalue weighted by Gasteiger charge is 2.30. The largest absolute Gasteiger partial charge is 0.312 e. The van der Waals surface area contributed by atoms with Crippen molar-refractivity contribution < 1.29 is 4.79 Å². The first-order chi connectivity index (χ1) is 8.15. The summed E-state index contributed by atoms with van der Waals surface area (Å²) >= 11 is 1.98. The van der Waals surface area contributed by atoms with Crippen LogP contribution in [0.5, 0.6) is 0 Å². The predicted octanol–water partition coefficient (Wildman–Crippen LogP) is 2.72. The molecular weight excluding hydrogens is 230 g/mol. The maximum atomic E-state index is 12.3. The number of carbonyl (C=O) groups is 1. The average Bonchev–Trinajstić information content (AvgIpc) is 2.29. The Hall–Kier alpha value is -0.0200. The average molecular weight is 255 g/mol. The summed E-state index contributed by atoms with van der Waals surface area (Å²) in [5.74, 6) is 4.65. The Morgan fingerprint density at radius 2 is 1.94 bits per heavy atom. The summed E-state index contributed by atoms with van der Waals surface area (Å²) in [7, 11) is 0. The van der Waals surface area contributed by atoms with E-state index < -0.39 is 0 Å². The van der Waals surface area contributed by atoms with Crippen molar-refractivity contribution in [3.8, 4) is 0 Å². The van der Waals surface area contributed by atoms with Crippen molar-refractivity contribution in [1.82, 2.24) is 5.32 Å². The quantitative estimate of drug-likeness (QED) is 0.841. The molecule has 1 heterocycles. The second-order valence-electron chi connectivity index (χ2n) is 6.01. The lowest BCUT2D eigenvalue weighted by molar-refractivity contribution is -0.125. The number of carbonyl (C=O) groups excluding carboxylic acids is 1. The van der Waals surface area contributed by atoms with Crippen LogP contribution in [-0.4, -0.2) is 29.9 Å². The van der Waals surface area contributed by atoms with Crippen molar-refractivity contribution in [1.29, 1.82) is 0 Å². The second kappa shape index (κ2) is 6.24. The molecule has 0 radical (unpaired) electrons. The molecule has 17 heavy (non-hydrogen) atoms. The van der Waals surface area contributed by atoms with Crippen LogP contribution in [0.2, 0.25) is 0 Å². The number of thioether (sulfide) groups is 1. The Kier molecular flexibility index (Phi) is 4.92. The van der Waals surface area contributed by atoms with Gasteiger partial charge in [-0.1, -0.05) is 13.8 Å². The third-order valence-corrected chi connectivity index (χ3v) is 5.21. The van der Waals surface area contributed by atoms with Gasteiger partial charge in [0, 0.05) is 36.4 Å². The molecule has 2 rings (SSSR count). The molecule has 1 saturated heterocycles. The molecule has 1 saturated carbocycles.